The van der Waals surface area contributed by atoms with Crippen LogP contribution >= 0.6 is 0 Å². The Morgan fingerprint density at radius 2 is 2.00 bits per heavy atom. The van der Waals surface area contributed by atoms with Gasteiger partial charge in [-0.2, -0.15) is 0 Å². The minimum atomic E-state index is -0.356. The van der Waals surface area contributed by atoms with E-state index >= 15 is 0 Å². The predicted molar refractivity (Wildman–Crippen MR) is 71.0 cm³/mol. The molecule has 19 heavy (non-hydrogen) atoms. The third kappa shape index (κ3) is 2.85. The zero-order chi connectivity index (χ0) is 13.7. The van der Waals surface area contributed by atoms with Crippen molar-refractivity contribution in [2.24, 2.45) is 0 Å². The van der Waals surface area contributed by atoms with E-state index in [1.54, 1.807) is 49.5 Å². The third-order valence-corrected chi connectivity index (χ3v) is 2.64. The number of aldehydes is 1. The molecule has 1 heterocycles. The highest BCUT2D eigenvalue weighted by atomic mass is 16.5. The van der Waals surface area contributed by atoms with E-state index in [1.165, 1.54) is 0 Å². The maximum absolute atomic E-state index is 11.5. The molecule has 1 aromatic carbocycles. The number of rotatable bonds is 4. The van der Waals surface area contributed by atoms with Crippen molar-refractivity contribution < 1.29 is 14.3 Å². The Morgan fingerprint density at radius 3 is 2.63 bits per heavy atom. The Bertz CT molecular complexity index is 591. The van der Waals surface area contributed by atoms with Crippen molar-refractivity contribution >= 4 is 12.3 Å². The van der Waals surface area contributed by atoms with E-state index in [1.807, 2.05) is 0 Å². The molecule has 4 nitrogen and oxygen atoms in total. The van der Waals surface area contributed by atoms with Crippen LogP contribution in [0.4, 0.5) is 0 Å². The maximum atomic E-state index is 11.5. The summed E-state index contributed by atoms with van der Waals surface area (Å²) in [6, 6.07) is 10.2. The van der Waals surface area contributed by atoms with E-state index in [9.17, 15) is 9.59 Å². The molecule has 4 heteroatoms. The third-order valence-electron chi connectivity index (χ3n) is 2.64. The summed E-state index contributed by atoms with van der Waals surface area (Å²) in [6.45, 7) is 2.10. The summed E-state index contributed by atoms with van der Waals surface area (Å²) in [5, 5.41) is 0. The number of ether oxygens (including phenoxy) is 1. The molecule has 0 radical (unpaired) electrons. The minimum absolute atomic E-state index is 0.343. The summed E-state index contributed by atoms with van der Waals surface area (Å²) in [4.78, 5) is 26.7. The number of pyridine rings is 1. The van der Waals surface area contributed by atoms with Crippen molar-refractivity contribution in [3.05, 3.63) is 53.7 Å². The van der Waals surface area contributed by atoms with Crippen LogP contribution in [0.3, 0.4) is 0 Å². The quantitative estimate of drug-likeness (QED) is 0.622. The summed E-state index contributed by atoms with van der Waals surface area (Å²) < 4.78 is 4.91. The van der Waals surface area contributed by atoms with Gasteiger partial charge in [0.25, 0.3) is 0 Å². The van der Waals surface area contributed by atoms with Crippen molar-refractivity contribution in [3.8, 4) is 11.3 Å². The lowest BCUT2D eigenvalue weighted by Crippen LogP contribution is -2.04. The van der Waals surface area contributed by atoms with Gasteiger partial charge in [0.1, 0.15) is 0 Å². The van der Waals surface area contributed by atoms with Crippen LogP contribution in [0.15, 0.2) is 42.6 Å². The Balaban J connectivity index is 2.32. The van der Waals surface area contributed by atoms with Gasteiger partial charge in [-0.05, 0) is 31.2 Å². The Kier molecular flexibility index (Phi) is 4.03. The Labute approximate surface area is 111 Å². The van der Waals surface area contributed by atoms with E-state index in [2.05, 4.69) is 4.98 Å². The number of carbonyl (C=O) groups is 2. The normalized spacial score (nSPS) is 9.95. The molecule has 0 aliphatic rings. The van der Waals surface area contributed by atoms with Crippen molar-refractivity contribution in [1.82, 2.24) is 4.98 Å². The summed E-state index contributed by atoms with van der Waals surface area (Å²) in [7, 11) is 0. The topological polar surface area (TPSA) is 56.3 Å². The Morgan fingerprint density at radius 1 is 1.26 bits per heavy atom. The van der Waals surface area contributed by atoms with Crippen LogP contribution in [0, 0.1) is 0 Å². The fraction of sp³-hybridized carbons (Fsp3) is 0.133. The average Bonchev–Trinajstić information content (AvgIpc) is 2.47. The van der Waals surface area contributed by atoms with Crippen LogP contribution in [-0.2, 0) is 4.74 Å². The van der Waals surface area contributed by atoms with E-state index < -0.39 is 0 Å². The molecule has 0 saturated carbocycles. The average molecular weight is 255 g/mol. The van der Waals surface area contributed by atoms with E-state index in [0.29, 0.717) is 23.4 Å². The molecule has 0 N–H and O–H groups in total. The lowest BCUT2D eigenvalue weighted by Gasteiger charge is -2.05. The van der Waals surface area contributed by atoms with Crippen molar-refractivity contribution in [1.29, 1.82) is 0 Å². The van der Waals surface area contributed by atoms with Crippen molar-refractivity contribution in [2.75, 3.05) is 6.61 Å². The van der Waals surface area contributed by atoms with Crippen LogP contribution in [0.5, 0.6) is 0 Å². The number of hydrogen-bond donors (Lipinski definition) is 0. The van der Waals surface area contributed by atoms with Crippen LogP contribution in [-0.4, -0.2) is 23.8 Å². The number of benzene rings is 1. The zero-order valence-corrected chi connectivity index (χ0v) is 10.5. The second-order valence-electron chi connectivity index (χ2n) is 3.86. The number of esters is 1. The van der Waals surface area contributed by atoms with Gasteiger partial charge in [-0.1, -0.05) is 12.1 Å². The molecule has 0 aliphatic heterocycles. The molecule has 0 amide bonds. The first-order valence-corrected chi connectivity index (χ1v) is 5.94. The molecule has 0 aliphatic carbocycles. The SMILES string of the molecule is CCOC(=O)c1ccc(-c2ncccc2C=O)cc1. The highest BCUT2D eigenvalue weighted by molar-refractivity contribution is 5.91. The van der Waals surface area contributed by atoms with Gasteiger partial charge < -0.3 is 4.74 Å². The van der Waals surface area contributed by atoms with Gasteiger partial charge >= 0.3 is 5.97 Å². The molecule has 0 saturated heterocycles. The molecule has 0 unspecified atom stereocenters. The standard InChI is InChI=1S/C15H13NO3/c1-2-19-15(18)12-7-5-11(6-8-12)14-13(10-17)4-3-9-16-14/h3-10H,2H2,1H3. The highest BCUT2D eigenvalue weighted by Gasteiger charge is 2.08. The first-order valence-electron chi connectivity index (χ1n) is 5.94. The van der Waals surface area contributed by atoms with Gasteiger partial charge in [0.2, 0.25) is 0 Å². The molecule has 0 atom stereocenters. The van der Waals surface area contributed by atoms with Crippen molar-refractivity contribution in [3.63, 3.8) is 0 Å². The second-order valence-corrected chi connectivity index (χ2v) is 3.86. The maximum Gasteiger partial charge on any atom is 0.338 e. The molecule has 2 rings (SSSR count). The van der Waals surface area contributed by atoms with Gasteiger partial charge in [-0.3, -0.25) is 9.78 Å². The van der Waals surface area contributed by atoms with Gasteiger partial charge in [-0.15, -0.1) is 0 Å². The molecule has 1 aromatic heterocycles. The van der Waals surface area contributed by atoms with Crippen LogP contribution in [0.25, 0.3) is 11.3 Å². The van der Waals surface area contributed by atoms with Crippen LogP contribution in [0.2, 0.25) is 0 Å². The zero-order valence-electron chi connectivity index (χ0n) is 10.5. The number of carbonyl (C=O) groups excluding carboxylic acids is 2. The molecule has 0 fully saturated rings. The monoisotopic (exact) mass is 255 g/mol. The van der Waals surface area contributed by atoms with Gasteiger partial charge in [-0.25, -0.2) is 4.79 Å². The van der Waals surface area contributed by atoms with Crippen LogP contribution < -0.4 is 0 Å². The fourth-order valence-electron chi connectivity index (χ4n) is 1.73. The summed E-state index contributed by atoms with van der Waals surface area (Å²) in [5.41, 5.74) is 2.39. The number of nitrogens with zero attached hydrogens (tertiary/aromatic N) is 1. The molecule has 0 bridgehead atoms. The molecule has 96 valence electrons. The van der Waals surface area contributed by atoms with E-state index in [-0.39, 0.29) is 5.97 Å². The van der Waals surface area contributed by atoms with Crippen LogP contribution in [0.1, 0.15) is 27.6 Å². The van der Waals surface area contributed by atoms with Gasteiger partial charge in [0.15, 0.2) is 6.29 Å². The number of aromatic nitrogens is 1. The van der Waals surface area contributed by atoms with Gasteiger partial charge in [0, 0.05) is 17.3 Å². The van der Waals surface area contributed by atoms with Gasteiger partial charge in [0.05, 0.1) is 17.9 Å². The highest BCUT2D eigenvalue weighted by Crippen LogP contribution is 2.20. The molecular formula is C15H13NO3. The summed E-state index contributed by atoms with van der Waals surface area (Å²) in [5.74, 6) is -0.356. The lowest BCUT2D eigenvalue weighted by atomic mass is 10.0. The largest absolute Gasteiger partial charge is 0.462 e. The fourth-order valence-corrected chi connectivity index (χ4v) is 1.73. The first-order chi connectivity index (χ1) is 9.26. The minimum Gasteiger partial charge on any atom is -0.462 e. The van der Waals surface area contributed by atoms with E-state index in [4.69, 9.17) is 4.74 Å². The molecule has 2 aromatic rings. The van der Waals surface area contributed by atoms with Crippen molar-refractivity contribution in [2.45, 2.75) is 6.92 Å². The van der Waals surface area contributed by atoms with E-state index in [0.717, 1.165) is 11.8 Å². The second kappa shape index (κ2) is 5.91. The smallest absolute Gasteiger partial charge is 0.338 e. The lowest BCUT2D eigenvalue weighted by molar-refractivity contribution is 0.0526. The summed E-state index contributed by atoms with van der Waals surface area (Å²) >= 11 is 0. The summed E-state index contributed by atoms with van der Waals surface area (Å²) in [6.07, 6.45) is 2.39. The molecule has 0 spiro atoms. The number of hydrogen-bond acceptors (Lipinski definition) is 4. The Hall–Kier alpha value is -2.49. The predicted octanol–water partition coefficient (Wildman–Crippen LogP) is 2.74. The first kappa shape index (κ1) is 13.0. The molecular weight excluding hydrogens is 242 g/mol.